The molecule has 2 aromatic heterocycles. The van der Waals surface area contributed by atoms with Crippen LogP contribution in [0.2, 0.25) is 0 Å². The van der Waals surface area contributed by atoms with Gasteiger partial charge in [0.15, 0.2) is 0 Å². The summed E-state index contributed by atoms with van der Waals surface area (Å²) in [5, 5.41) is 4.55. The van der Waals surface area contributed by atoms with Gasteiger partial charge in [0.2, 0.25) is 0 Å². The van der Waals surface area contributed by atoms with E-state index in [2.05, 4.69) is 70.1 Å². The fourth-order valence-electron chi connectivity index (χ4n) is 6.79. The number of aromatic nitrogens is 3. The predicted molar refractivity (Wildman–Crippen MR) is 185 cm³/mol. The highest BCUT2D eigenvalue weighted by Crippen LogP contribution is 2.47. The fourth-order valence-corrected chi connectivity index (χ4v) is 6.79. The first-order chi connectivity index (χ1) is 22.0. The van der Waals surface area contributed by atoms with Gasteiger partial charge in [0.1, 0.15) is 22.8 Å². The molecule has 45 heavy (non-hydrogen) atoms. The summed E-state index contributed by atoms with van der Waals surface area (Å²) in [7, 11) is 7.67. The minimum Gasteiger partial charge on any atom is -0.497 e. The third kappa shape index (κ3) is 6.54. The Morgan fingerprint density at radius 2 is 1.73 bits per heavy atom. The van der Waals surface area contributed by atoms with E-state index in [1.54, 1.807) is 14.2 Å². The molecule has 3 heterocycles. The molecular weight excluding hydrogens is 560 g/mol. The van der Waals surface area contributed by atoms with Crippen molar-refractivity contribution in [3.05, 3.63) is 65.6 Å². The van der Waals surface area contributed by atoms with E-state index < -0.39 is 0 Å². The number of fused-ring (bicyclic) bond motifs is 3. The maximum absolute atomic E-state index is 5.74. The van der Waals surface area contributed by atoms with Crippen molar-refractivity contribution in [2.75, 3.05) is 65.9 Å². The first-order valence-corrected chi connectivity index (χ1v) is 16.8. The lowest BCUT2D eigenvalue weighted by atomic mass is 9.89. The van der Waals surface area contributed by atoms with Crippen LogP contribution >= 0.6 is 0 Å². The van der Waals surface area contributed by atoms with E-state index in [9.17, 15) is 0 Å². The van der Waals surface area contributed by atoms with Crippen molar-refractivity contribution in [1.82, 2.24) is 24.8 Å². The van der Waals surface area contributed by atoms with Crippen molar-refractivity contribution >= 4 is 27.6 Å². The zero-order valence-electron chi connectivity index (χ0n) is 27.9. The molecule has 0 spiro atoms. The van der Waals surface area contributed by atoms with E-state index in [-0.39, 0.29) is 5.41 Å². The number of aryl methyl sites for hydroxylation is 3. The number of rotatable bonds is 15. The standard InChI is InChI=1S/C37H50N6O2/c1-6-7-10-33-40-34-35(43(33)20-9-8-19-38-2)30-25-28(42-23-21-41(3)22-24-42)12-14-31(30)39-36(34)37(17-18-37)16-15-27-11-13-29(44-4)26-32(27)45-5/h11-14,17-18,25-26,38H,6-10,15-16,19-24H2,1-5H3. The van der Waals surface area contributed by atoms with E-state index in [4.69, 9.17) is 19.4 Å². The highest BCUT2D eigenvalue weighted by molar-refractivity contribution is 6.05. The molecule has 4 aromatic rings. The van der Waals surface area contributed by atoms with Crippen LogP contribution < -0.4 is 19.7 Å². The Morgan fingerprint density at radius 3 is 2.44 bits per heavy atom. The number of benzene rings is 2. The Bertz CT molecular complexity index is 1650. The maximum Gasteiger partial charge on any atom is 0.125 e. The minimum absolute atomic E-state index is 0.207. The molecule has 1 aliphatic heterocycles. The molecule has 0 radical (unpaired) electrons. The number of imidazole rings is 1. The molecule has 1 fully saturated rings. The number of methoxy groups -OCH3 is 2. The topological polar surface area (TPSA) is 67.7 Å². The molecule has 0 atom stereocenters. The van der Waals surface area contributed by atoms with Crippen molar-refractivity contribution < 1.29 is 9.47 Å². The predicted octanol–water partition coefficient (Wildman–Crippen LogP) is 6.14. The zero-order valence-corrected chi connectivity index (χ0v) is 27.9. The second kappa shape index (κ2) is 13.8. The van der Waals surface area contributed by atoms with Gasteiger partial charge in [-0.05, 0) is 82.6 Å². The average Bonchev–Trinajstić information content (AvgIpc) is 3.78. The van der Waals surface area contributed by atoms with Crippen LogP contribution in [-0.2, 0) is 24.8 Å². The van der Waals surface area contributed by atoms with Gasteiger partial charge in [0.05, 0.1) is 36.4 Å². The zero-order chi connectivity index (χ0) is 31.4. The summed E-state index contributed by atoms with van der Waals surface area (Å²) in [6, 6.07) is 13.0. The average molecular weight is 611 g/mol. The van der Waals surface area contributed by atoms with Crippen LogP contribution in [0.15, 0.2) is 48.6 Å². The van der Waals surface area contributed by atoms with Gasteiger partial charge in [0.25, 0.3) is 0 Å². The third-order valence-corrected chi connectivity index (χ3v) is 9.73. The Hall–Kier alpha value is -3.62. The van der Waals surface area contributed by atoms with Gasteiger partial charge < -0.3 is 29.2 Å². The first-order valence-electron chi connectivity index (χ1n) is 16.8. The number of piperazine rings is 1. The number of hydrogen-bond donors (Lipinski definition) is 1. The lowest BCUT2D eigenvalue weighted by Crippen LogP contribution is -2.44. The number of hydrogen-bond acceptors (Lipinski definition) is 7. The van der Waals surface area contributed by atoms with Gasteiger partial charge in [-0.25, -0.2) is 9.97 Å². The quantitative estimate of drug-likeness (QED) is 0.128. The molecule has 2 aromatic carbocycles. The molecule has 8 nitrogen and oxygen atoms in total. The maximum atomic E-state index is 5.74. The summed E-state index contributed by atoms with van der Waals surface area (Å²) in [4.78, 5) is 15.8. The Kier molecular flexibility index (Phi) is 9.61. The highest BCUT2D eigenvalue weighted by atomic mass is 16.5. The molecule has 0 unspecified atom stereocenters. The van der Waals surface area contributed by atoms with E-state index in [0.717, 1.165) is 112 Å². The number of ether oxygens (including phenoxy) is 2. The summed E-state index contributed by atoms with van der Waals surface area (Å²) in [5.74, 6) is 2.87. The summed E-state index contributed by atoms with van der Waals surface area (Å²) in [6.07, 6.45) is 12.0. The molecular formula is C37H50N6O2. The number of nitrogens with zero attached hydrogens (tertiary/aromatic N) is 5. The smallest absolute Gasteiger partial charge is 0.125 e. The summed E-state index contributed by atoms with van der Waals surface area (Å²) in [5.41, 5.74) is 6.75. The highest BCUT2D eigenvalue weighted by Gasteiger charge is 2.40. The lowest BCUT2D eigenvalue weighted by Gasteiger charge is -2.34. The van der Waals surface area contributed by atoms with Crippen molar-refractivity contribution in [3.8, 4) is 11.5 Å². The van der Waals surface area contributed by atoms with Crippen LogP contribution in [0.5, 0.6) is 11.5 Å². The number of nitrogens with one attached hydrogen (secondary N) is 1. The summed E-state index contributed by atoms with van der Waals surface area (Å²) in [6.45, 7) is 8.52. The van der Waals surface area contributed by atoms with Gasteiger partial charge in [-0.2, -0.15) is 0 Å². The van der Waals surface area contributed by atoms with Gasteiger partial charge in [0, 0.05) is 56.3 Å². The molecule has 1 N–H and O–H groups in total. The Labute approximate surface area is 268 Å². The molecule has 0 saturated carbocycles. The van der Waals surface area contributed by atoms with Crippen molar-refractivity contribution in [3.63, 3.8) is 0 Å². The van der Waals surface area contributed by atoms with E-state index in [1.807, 2.05) is 19.2 Å². The third-order valence-electron chi connectivity index (χ3n) is 9.73. The molecule has 2 aliphatic rings. The molecule has 6 rings (SSSR count). The minimum atomic E-state index is -0.207. The van der Waals surface area contributed by atoms with E-state index in [0.29, 0.717) is 0 Å². The monoisotopic (exact) mass is 610 g/mol. The largest absolute Gasteiger partial charge is 0.497 e. The number of likely N-dealkylation sites (N-methyl/N-ethyl adjacent to an activating group) is 1. The van der Waals surface area contributed by atoms with Crippen LogP contribution in [-0.4, -0.2) is 80.5 Å². The van der Waals surface area contributed by atoms with Crippen molar-refractivity contribution in [2.24, 2.45) is 0 Å². The summed E-state index contributed by atoms with van der Waals surface area (Å²) < 4.78 is 13.7. The SMILES string of the molecule is CCCCc1nc2c(C3(CCc4ccc(OC)cc4OC)C=C3)nc3ccc(N4CCN(C)CC4)cc3c2n1CCCCNC. The summed E-state index contributed by atoms with van der Waals surface area (Å²) >= 11 is 0. The Balaban J connectivity index is 1.44. The number of anilines is 1. The molecule has 1 saturated heterocycles. The van der Waals surface area contributed by atoms with Gasteiger partial charge in [-0.15, -0.1) is 0 Å². The van der Waals surface area contributed by atoms with Gasteiger partial charge in [-0.3, -0.25) is 0 Å². The van der Waals surface area contributed by atoms with Gasteiger partial charge >= 0.3 is 0 Å². The van der Waals surface area contributed by atoms with Crippen molar-refractivity contribution in [2.45, 2.75) is 63.8 Å². The Morgan fingerprint density at radius 1 is 0.911 bits per heavy atom. The van der Waals surface area contributed by atoms with Crippen LogP contribution in [0.25, 0.3) is 21.9 Å². The fraction of sp³-hybridized carbons (Fsp3) is 0.514. The van der Waals surface area contributed by atoms with Crippen molar-refractivity contribution in [1.29, 1.82) is 0 Å². The van der Waals surface area contributed by atoms with Gasteiger partial charge in [-0.1, -0.05) is 31.6 Å². The van der Waals surface area contributed by atoms with Crippen LogP contribution in [0, 0.1) is 0 Å². The number of allylic oxidation sites excluding steroid dienone is 2. The van der Waals surface area contributed by atoms with Crippen LogP contribution in [0.1, 0.15) is 56.1 Å². The first kappa shape index (κ1) is 31.4. The molecule has 1 aliphatic carbocycles. The second-order valence-corrected chi connectivity index (χ2v) is 12.8. The molecule has 0 bridgehead atoms. The molecule has 8 heteroatoms. The normalized spacial score (nSPS) is 16.2. The molecule has 240 valence electrons. The van der Waals surface area contributed by atoms with E-state index in [1.165, 1.54) is 28.0 Å². The van der Waals surface area contributed by atoms with Crippen LogP contribution in [0.4, 0.5) is 5.69 Å². The van der Waals surface area contributed by atoms with E-state index >= 15 is 0 Å². The number of unbranched alkanes of at least 4 members (excludes halogenated alkanes) is 2. The number of pyridine rings is 1. The lowest BCUT2D eigenvalue weighted by molar-refractivity contribution is 0.313. The molecule has 0 amide bonds. The van der Waals surface area contributed by atoms with Crippen LogP contribution in [0.3, 0.4) is 0 Å². The second-order valence-electron chi connectivity index (χ2n) is 12.8.